The van der Waals surface area contributed by atoms with Gasteiger partial charge in [-0.3, -0.25) is 14.9 Å². The number of hydrogen-bond acceptors (Lipinski definition) is 4. The molecule has 1 N–H and O–H groups in total. The van der Waals surface area contributed by atoms with Gasteiger partial charge in [-0.2, -0.15) is 0 Å². The first-order valence-electron chi connectivity index (χ1n) is 7.91. The number of ether oxygens (including phenoxy) is 1. The molecule has 0 unspecified atom stereocenters. The van der Waals surface area contributed by atoms with Crippen LogP contribution in [0.3, 0.4) is 0 Å². The number of nitro benzene ring substituents is 1. The lowest BCUT2D eigenvalue weighted by Crippen LogP contribution is -2.13. The molecular formula is C18H19ClN2O4. The zero-order valence-electron chi connectivity index (χ0n) is 14.0. The van der Waals surface area contributed by atoms with Crippen LogP contribution < -0.4 is 10.1 Å². The number of rotatable bonds is 7. The lowest BCUT2D eigenvalue weighted by atomic mass is 10.1. The van der Waals surface area contributed by atoms with Crippen LogP contribution in [0.2, 0.25) is 5.02 Å². The molecule has 2 aromatic rings. The minimum absolute atomic E-state index is 0.0254. The molecule has 2 aromatic carbocycles. The highest BCUT2D eigenvalue weighted by Gasteiger charge is 2.17. The number of anilines is 1. The molecule has 0 saturated heterocycles. The molecule has 0 radical (unpaired) electrons. The Balaban J connectivity index is 2.16. The van der Waals surface area contributed by atoms with Crippen LogP contribution in [0.25, 0.3) is 0 Å². The lowest BCUT2D eigenvalue weighted by Gasteiger charge is -2.11. The maximum absolute atomic E-state index is 12.4. The standard InChI is InChI=1S/C18H19ClN2O4/c1-3-4-8-25-14-7-5-6-13(10-14)18(22)20-16-11-15(19)17(21(23)24)9-12(16)2/h5-7,9-11H,3-4,8H2,1-2H3,(H,20,22). The summed E-state index contributed by atoms with van der Waals surface area (Å²) in [6.45, 7) is 4.34. The number of aryl methyl sites for hydroxylation is 1. The number of carbonyl (C=O) groups excluding carboxylic acids is 1. The Kier molecular flexibility index (Phi) is 6.36. The monoisotopic (exact) mass is 362 g/mol. The van der Waals surface area contributed by atoms with Crippen molar-refractivity contribution in [2.24, 2.45) is 0 Å². The molecule has 0 spiro atoms. The molecule has 0 aliphatic heterocycles. The fourth-order valence-corrected chi connectivity index (χ4v) is 2.43. The highest BCUT2D eigenvalue weighted by molar-refractivity contribution is 6.33. The zero-order chi connectivity index (χ0) is 18.4. The van der Waals surface area contributed by atoms with E-state index in [4.69, 9.17) is 16.3 Å². The van der Waals surface area contributed by atoms with Gasteiger partial charge < -0.3 is 10.1 Å². The van der Waals surface area contributed by atoms with Crippen molar-refractivity contribution in [3.63, 3.8) is 0 Å². The highest BCUT2D eigenvalue weighted by atomic mass is 35.5. The summed E-state index contributed by atoms with van der Waals surface area (Å²) in [6.07, 6.45) is 1.97. The molecule has 0 saturated carbocycles. The number of amides is 1. The van der Waals surface area contributed by atoms with Crippen LogP contribution in [-0.2, 0) is 0 Å². The van der Waals surface area contributed by atoms with Gasteiger partial charge in [0.1, 0.15) is 10.8 Å². The van der Waals surface area contributed by atoms with E-state index in [-0.39, 0.29) is 16.6 Å². The Labute approximate surface area is 150 Å². The molecule has 6 nitrogen and oxygen atoms in total. The highest BCUT2D eigenvalue weighted by Crippen LogP contribution is 2.30. The van der Waals surface area contributed by atoms with Gasteiger partial charge >= 0.3 is 0 Å². The first kappa shape index (κ1) is 18.7. The van der Waals surface area contributed by atoms with E-state index in [0.717, 1.165) is 12.8 Å². The lowest BCUT2D eigenvalue weighted by molar-refractivity contribution is -0.384. The van der Waals surface area contributed by atoms with E-state index in [1.54, 1.807) is 31.2 Å². The Morgan fingerprint density at radius 2 is 2.08 bits per heavy atom. The summed E-state index contributed by atoms with van der Waals surface area (Å²) in [7, 11) is 0. The van der Waals surface area contributed by atoms with Crippen molar-refractivity contribution in [1.82, 2.24) is 0 Å². The van der Waals surface area contributed by atoms with Crippen molar-refractivity contribution in [2.45, 2.75) is 26.7 Å². The van der Waals surface area contributed by atoms with Gasteiger partial charge in [-0.05, 0) is 43.2 Å². The number of carbonyl (C=O) groups is 1. The molecule has 132 valence electrons. The van der Waals surface area contributed by atoms with Gasteiger partial charge in [0.2, 0.25) is 0 Å². The van der Waals surface area contributed by atoms with E-state index in [1.165, 1.54) is 12.1 Å². The third-order valence-electron chi connectivity index (χ3n) is 3.60. The molecule has 0 aromatic heterocycles. The van der Waals surface area contributed by atoms with Crippen LogP contribution in [0.4, 0.5) is 11.4 Å². The Hall–Kier alpha value is -2.60. The molecule has 25 heavy (non-hydrogen) atoms. The van der Waals surface area contributed by atoms with Gasteiger partial charge in [0.25, 0.3) is 11.6 Å². The van der Waals surface area contributed by atoms with Gasteiger partial charge in [0.15, 0.2) is 0 Å². The minimum Gasteiger partial charge on any atom is -0.494 e. The third-order valence-corrected chi connectivity index (χ3v) is 3.90. The molecule has 7 heteroatoms. The predicted octanol–water partition coefficient (Wildman–Crippen LogP) is 4.99. The van der Waals surface area contributed by atoms with Crippen molar-refractivity contribution in [2.75, 3.05) is 11.9 Å². The van der Waals surface area contributed by atoms with Gasteiger partial charge in [-0.1, -0.05) is 31.0 Å². The van der Waals surface area contributed by atoms with Crippen molar-refractivity contribution < 1.29 is 14.5 Å². The van der Waals surface area contributed by atoms with Crippen LogP contribution in [0, 0.1) is 17.0 Å². The Bertz CT molecular complexity index is 793. The summed E-state index contributed by atoms with van der Waals surface area (Å²) in [5, 5.41) is 13.6. The van der Waals surface area contributed by atoms with E-state index < -0.39 is 4.92 Å². The number of nitrogens with zero attached hydrogens (tertiary/aromatic N) is 1. The quantitative estimate of drug-likeness (QED) is 0.427. The first-order valence-corrected chi connectivity index (χ1v) is 8.29. The first-order chi connectivity index (χ1) is 11.9. The second-order valence-electron chi connectivity index (χ2n) is 5.56. The molecule has 2 rings (SSSR count). The van der Waals surface area contributed by atoms with Crippen molar-refractivity contribution in [3.8, 4) is 5.75 Å². The van der Waals surface area contributed by atoms with E-state index in [1.807, 2.05) is 0 Å². The average molecular weight is 363 g/mol. The number of nitro groups is 1. The molecule has 0 atom stereocenters. The molecule has 0 aliphatic carbocycles. The largest absolute Gasteiger partial charge is 0.494 e. The van der Waals surface area contributed by atoms with Crippen LogP contribution in [0.15, 0.2) is 36.4 Å². The smallest absolute Gasteiger partial charge is 0.288 e. The van der Waals surface area contributed by atoms with Crippen molar-refractivity contribution in [1.29, 1.82) is 0 Å². The maximum Gasteiger partial charge on any atom is 0.288 e. The second-order valence-corrected chi connectivity index (χ2v) is 5.97. The normalized spacial score (nSPS) is 10.4. The van der Waals surface area contributed by atoms with E-state index >= 15 is 0 Å². The van der Waals surface area contributed by atoms with Crippen LogP contribution in [0.1, 0.15) is 35.7 Å². The summed E-state index contributed by atoms with van der Waals surface area (Å²) in [5.41, 5.74) is 1.23. The molecular weight excluding hydrogens is 344 g/mol. The number of benzene rings is 2. The van der Waals surface area contributed by atoms with Crippen molar-refractivity contribution in [3.05, 3.63) is 62.7 Å². The van der Waals surface area contributed by atoms with Crippen LogP contribution in [-0.4, -0.2) is 17.4 Å². The van der Waals surface area contributed by atoms with E-state index in [9.17, 15) is 14.9 Å². The minimum atomic E-state index is -0.557. The number of nitrogens with one attached hydrogen (secondary N) is 1. The Morgan fingerprint density at radius 3 is 2.76 bits per heavy atom. The van der Waals surface area contributed by atoms with Gasteiger partial charge in [0, 0.05) is 17.3 Å². The van der Waals surface area contributed by atoms with E-state index in [2.05, 4.69) is 12.2 Å². The summed E-state index contributed by atoms with van der Waals surface area (Å²) in [6, 6.07) is 9.58. The van der Waals surface area contributed by atoms with E-state index in [0.29, 0.717) is 29.2 Å². The fourth-order valence-electron chi connectivity index (χ4n) is 2.20. The Morgan fingerprint density at radius 1 is 1.32 bits per heavy atom. The summed E-state index contributed by atoms with van der Waals surface area (Å²) in [5.74, 6) is 0.286. The maximum atomic E-state index is 12.4. The van der Waals surface area contributed by atoms with Crippen LogP contribution in [0.5, 0.6) is 5.75 Å². The molecule has 0 bridgehead atoms. The summed E-state index contributed by atoms with van der Waals surface area (Å²) >= 11 is 5.91. The summed E-state index contributed by atoms with van der Waals surface area (Å²) < 4.78 is 5.60. The molecule has 0 heterocycles. The van der Waals surface area contributed by atoms with Gasteiger partial charge in [-0.15, -0.1) is 0 Å². The predicted molar refractivity (Wildman–Crippen MR) is 97.6 cm³/mol. The number of unbranched alkanes of at least 4 members (excludes halogenated alkanes) is 1. The summed E-state index contributed by atoms with van der Waals surface area (Å²) in [4.78, 5) is 22.8. The van der Waals surface area contributed by atoms with Gasteiger partial charge in [-0.25, -0.2) is 0 Å². The molecule has 1 amide bonds. The zero-order valence-corrected chi connectivity index (χ0v) is 14.8. The number of halogens is 1. The average Bonchev–Trinajstić information content (AvgIpc) is 2.58. The van der Waals surface area contributed by atoms with Crippen molar-refractivity contribution >= 4 is 28.9 Å². The number of hydrogen-bond donors (Lipinski definition) is 1. The molecule has 0 aliphatic rings. The second kappa shape index (κ2) is 8.48. The SMILES string of the molecule is CCCCOc1cccc(C(=O)Nc2cc(Cl)c([N+](=O)[O-])cc2C)c1. The fraction of sp³-hybridized carbons (Fsp3) is 0.278. The topological polar surface area (TPSA) is 81.5 Å². The molecule has 0 fully saturated rings. The third kappa shape index (κ3) is 4.93. The van der Waals surface area contributed by atoms with Gasteiger partial charge in [0.05, 0.1) is 11.5 Å². The van der Waals surface area contributed by atoms with Crippen LogP contribution >= 0.6 is 11.6 Å².